The van der Waals surface area contributed by atoms with Gasteiger partial charge >= 0.3 is 6.09 Å². The number of ether oxygens (including phenoxy) is 1. The highest BCUT2D eigenvalue weighted by atomic mass is 16.6. The van der Waals surface area contributed by atoms with Gasteiger partial charge in [-0.3, -0.25) is 9.59 Å². The van der Waals surface area contributed by atoms with E-state index in [2.05, 4.69) is 11.4 Å². The van der Waals surface area contributed by atoms with Crippen molar-refractivity contribution in [2.45, 2.75) is 63.9 Å². The third-order valence-electron chi connectivity index (χ3n) is 7.21. The molecule has 4 atom stereocenters. The first kappa shape index (κ1) is 27.3. The Morgan fingerprint density at radius 1 is 1.08 bits per heavy atom. The van der Waals surface area contributed by atoms with Crippen LogP contribution in [0.25, 0.3) is 0 Å². The molecule has 0 aliphatic carbocycles. The van der Waals surface area contributed by atoms with Gasteiger partial charge in [-0.1, -0.05) is 68.4 Å². The van der Waals surface area contributed by atoms with E-state index in [0.29, 0.717) is 19.4 Å². The molecule has 0 unspecified atom stereocenters. The summed E-state index contributed by atoms with van der Waals surface area (Å²) in [5, 5.41) is 13.1. The summed E-state index contributed by atoms with van der Waals surface area (Å²) in [7, 11) is 0. The van der Waals surface area contributed by atoms with E-state index in [9.17, 15) is 24.3 Å². The summed E-state index contributed by atoms with van der Waals surface area (Å²) in [6.45, 7) is 4.61. The van der Waals surface area contributed by atoms with E-state index in [4.69, 9.17) is 4.74 Å². The number of carbonyl (C=O) groups is 4. The Morgan fingerprint density at radius 2 is 1.76 bits per heavy atom. The lowest BCUT2D eigenvalue weighted by Gasteiger charge is -2.30. The number of nitrogens with zero attached hydrogens (tertiary/aromatic N) is 2. The number of amides is 3. The van der Waals surface area contributed by atoms with Gasteiger partial charge in [0.15, 0.2) is 0 Å². The molecule has 2 aromatic carbocycles. The highest BCUT2D eigenvalue weighted by molar-refractivity contribution is 5.91. The molecule has 2 N–H and O–H groups in total. The maximum Gasteiger partial charge on any atom is 0.410 e. The lowest BCUT2D eigenvalue weighted by Crippen LogP contribution is -2.55. The van der Waals surface area contributed by atoms with Gasteiger partial charge in [-0.2, -0.15) is 0 Å². The van der Waals surface area contributed by atoms with E-state index in [0.717, 1.165) is 17.5 Å². The van der Waals surface area contributed by atoms with Crippen LogP contribution in [0.15, 0.2) is 54.6 Å². The average Bonchev–Trinajstić information content (AvgIpc) is 3.34. The summed E-state index contributed by atoms with van der Waals surface area (Å²) < 4.78 is 5.71. The number of rotatable bonds is 8. The second-order valence-corrected chi connectivity index (χ2v) is 10.3. The monoisotopic (exact) mass is 521 g/mol. The number of carbonyl (C=O) groups excluding carboxylic acids is 4. The first-order valence-corrected chi connectivity index (χ1v) is 13.1. The molecule has 2 aliphatic rings. The maximum atomic E-state index is 13.5. The molecule has 2 aromatic rings. The molecule has 1 fully saturated rings. The number of aldehydes is 1. The Labute approximate surface area is 222 Å². The zero-order valence-electron chi connectivity index (χ0n) is 21.8. The van der Waals surface area contributed by atoms with Crippen LogP contribution in [-0.4, -0.2) is 76.5 Å². The second kappa shape index (κ2) is 12.2. The number of fused-ring (bicyclic) bond motifs is 1. The Morgan fingerprint density at radius 3 is 2.45 bits per heavy atom. The van der Waals surface area contributed by atoms with Gasteiger partial charge in [0.1, 0.15) is 24.5 Å². The maximum absolute atomic E-state index is 13.5. The zero-order chi connectivity index (χ0) is 27.2. The zero-order valence-corrected chi connectivity index (χ0v) is 21.8. The van der Waals surface area contributed by atoms with Crippen molar-refractivity contribution >= 4 is 24.2 Å². The minimum Gasteiger partial charge on any atom is -0.444 e. The summed E-state index contributed by atoms with van der Waals surface area (Å²) in [5.41, 5.74) is 3.09. The molecular weight excluding hydrogens is 486 g/mol. The topological polar surface area (TPSA) is 116 Å². The summed E-state index contributed by atoms with van der Waals surface area (Å²) in [5.74, 6) is -1.39. The molecule has 2 aliphatic heterocycles. The Kier molecular flexibility index (Phi) is 8.78. The van der Waals surface area contributed by atoms with Crippen LogP contribution in [0, 0.1) is 5.92 Å². The molecule has 9 nitrogen and oxygen atoms in total. The van der Waals surface area contributed by atoms with Gasteiger partial charge in [-0.05, 0) is 29.0 Å². The van der Waals surface area contributed by atoms with Gasteiger partial charge in [-0.15, -0.1) is 0 Å². The van der Waals surface area contributed by atoms with E-state index in [1.165, 1.54) is 10.5 Å². The molecule has 0 saturated carbocycles. The van der Waals surface area contributed by atoms with E-state index >= 15 is 0 Å². The quantitative estimate of drug-likeness (QED) is 0.514. The predicted molar refractivity (Wildman–Crippen MR) is 140 cm³/mol. The fourth-order valence-electron chi connectivity index (χ4n) is 5.03. The number of aliphatic hydroxyl groups is 1. The fraction of sp³-hybridized carbons (Fsp3) is 0.448. The number of hydrogen-bond acceptors (Lipinski definition) is 6. The van der Waals surface area contributed by atoms with Crippen LogP contribution in [0.1, 0.15) is 37.0 Å². The van der Waals surface area contributed by atoms with Crippen molar-refractivity contribution in [2.24, 2.45) is 5.92 Å². The van der Waals surface area contributed by atoms with Gasteiger partial charge < -0.3 is 29.8 Å². The molecule has 38 heavy (non-hydrogen) atoms. The number of nitrogens with one attached hydrogen (secondary N) is 1. The highest BCUT2D eigenvalue weighted by Gasteiger charge is 2.41. The molecule has 9 heteroatoms. The van der Waals surface area contributed by atoms with Crippen molar-refractivity contribution in [1.29, 1.82) is 0 Å². The molecule has 4 rings (SSSR count). The number of hydrogen-bond donors (Lipinski definition) is 2. The standard InChI is InChI=1S/C29H35N3O6/c1-19(2)26(30-27(35)25(34)14-20-8-4-3-5-9-20)28(36)32-17-24(15-23(32)18-33)38-29(37)31-13-12-21-10-6-7-11-22(21)16-31/h3-11,18-19,23-26,34H,12-17H2,1-2H3,(H,30,35)/t23-,24-,25-,26-/m0/s1. The Bertz CT molecular complexity index is 1150. The van der Waals surface area contributed by atoms with E-state index in [1.807, 2.05) is 48.5 Å². The molecule has 0 radical (unpaired) electrons. The van der Waals surface area contributed by atoms with Gasteiger partial charge in [0, 0.05) is 25.9 Å². The highest BCUT2D eigenvalue weighted by Crippen LogP contribution is 2.24. The third-order valence-corrected chi connectivity index (χ3v) is 7.21. The second-order valence-electron chi connectivity index (χ2n) is 10.3. The van der Waals surface area contributed by atoms with Crippen LogP contribution >= 0.6 is 0 Å². The first-order valence-electron chi connectivity index (χ1n) is 13.1. The van der Waals surface area contributed by atoms with Crippen molar-refractivity contribution in [3.05, 3.63) is 71.3 Å². The van der Waals surface area contributed by atoms with E-state index in [1.54, 1.807) is 18.7 Å². The Balaban J connectivity index is 1.36. The van der Waals surface area contributed by atoms with Crippen LogP contribution in [-0.2, 0) is 38.5 Å². The average molecular weight is 522 g/mol. The SMILES string of the molecule is CC(C)[C@H](NC(=O)[C@@H](O)Cc1ccccc1)C(=O)N1C[C@@H](OC(=O)N2CCc3ccccc3C2)C[C@H]1C=O. The molecule has 1 saturated heterocycles. The van der Waals surface area contributed by atoms with Crippen LogP contribution < -0.4 is 5.32 Å². The van der Waals surface area contributed by atoms with Gasteiger partial charge in [0.2, 0.25) is 11.8 Å². The summed E-state index contributed by atoms with van der Waals surface area (Å²) in [6, 6.07) is 15.4. The molecule has 2 heterocycles. The molecule has 0 bridgehead atoms. The van der Waals surface area contributed by atoms with Crippen molar-refractivity contribution in [1.82, 2.24) is 15.1 Å². The summed E-state index contributed by atoms with van der Waals surface area (Å²) in [4.78, 5) is 53.9. The van der Waals surface area contributed by atoms with Crippen LogP contribution in [0.3, 0.4) is 0 Å². The molecule has 202 valence electrons. The molecule has 3 amide bonds. The van der Waals surface area contributed by atoms with Gasteiger partial charge in [0.25, 0.3) is 0 Å². The first-order chi connectivity index (χ1) is 18.3. The third kappa shape index (κ3) is 6.39. The van der Waals surface area contributed by atoms with Crippen molar-refractivity contribution in [3.8, 4) is 0 Å². The fourth-order valence-corrected chi connectivity index (χ4v) is 5.03. The Hall–Kier alpha value is -3.72. The van der Waals surface area contributed by atoms with Crippen molar-refractivity contribution in [2.75, 3.05) is 13.1 Å². The molecule has 0 spiro atoms. The minimum atomic E-state index is -1.32. The molecule has 0 aromatic heterocycles. The summed E-state index contributed by atoms with van der Waals surface area (Å²) in [6.07, 6.45) is -0.704. The van der Waals surface area contributed by atoms with Crippen LogP contribution in [0.4, 0.5) is 4.79 Å². The summed E-state index contributed by atoms with van der Waals surface area (Å²) >= 11 is 0. The minimum absolute atomic E-state index is 0.0596. The van der Waals surface area contributed by atoms with Crippen LogP contribution in [0.2, 0.25) is 0 Å². The van der Waals surface area contributed by atoms with Gasteiger partial charge in [0.05, 0.1) is 12.6 Å². The lowest BCUT2D eigenvalue weighted by atomic mass is 10.0. The normalized spacial score (nSPS) is 20.4. The lowest BCUT2D eigenvalue weighted by molar-refractivity contribution is -0.141. The van der Waals surface area contributed by atoms with Crippen molar-refractivity contribution < 1.29 is 29.0 Å². The predicted octanol–water partition coefficient (Wildman–Crippen LogP) is 2.09. The number of benzene rings is 2. The number of aliphatic hydroxyl groups excluding tert-OH is 1. The van der Waals surface area contributed by atoms with E-state index in [-0.39, 0.29) is 25.3 Å². The smallest absolute Gasteiger partial charge is 0.410 e. The van der Waals surface area contributed by atoms with Crippen LogP contribution in [0.5, 0.6) is 0 Å². The van der Waals surface area contributed by atoms with Crippen molar-refractivity contribution in [3.63, 3.8) is 0 Å². The largest absolute Gasteiger partial charge is 0.444 e. The van der Waals surface area contributed by atoms with Gasteiger partial charge in [-0.25, -0.2) is 4.79 Å². The van der Waals surface area contributed by atoms with E-state index < -0.39 is 42.2 Å². The molecular formula is C29H35N3O6. The number of likely N-dealkylation sites (tertiary alicyclic amines) is 1.